The summed E-state index contributed by atoms with van der Waals surface area (Å²) in [6.45, 7) is 0.968. The highest BCUT2D eigenvalue weighted by atomic mass is 16.1. The van der Waals surface area contributed by atoms with Crippen LogP contribution in [0.5, 0.6) is 0 Å². The third kappa shape index (κ3) is 2.91. The Kier molecular flexibility index (Phi) is 4.24. The predicted molar refractivity (Wildman–Crippen MR) is 98.8 cm³/mol. The molecule has 0 bridgehead atoms. The zero-order valence-electron chi connectivity index (χ0n) is 14.0. The molecule has 0 radical (unpaired) electrons. The van der Waals surface area contributed by atoms with Crippen molar-refractivity contribution >= 4 is 23.0 Å². The van der Waals surface area contributed by atoms with E-state index in [0.29, 0.717) is 0 Å². The van der Waals surface area contributed by atoms with Crippen molar-refractivity contribution in [3.05, 3.63) is 54.1 Å². The Morgan fingerprint density at radius 1 is 0.917 bits per heavy atom. The van der Waals surface area contributed by atoms with Crippen molar-refractivity contribution in [2.75, 3.05) is 16.8 Å². The largest absolute Gasteiger partial charge is 0.339 e. The van der Waals surface area contributed by atoms with Crippen LogP contribution in [0.2, 0.25) is 0 Å². The molecule has 2 aliphatic rings. The van der Waals surface area contributed by atoms with Gasteiger partial charge in [0.05, 0.1) is 11.4 Å². The van der Waals surface area contributed by atoms with Gasteiger partial charge in [-0.3, -0.25) is 4.79 Å². The number of amides is 1. The predicted octanol–water partition coefficient (Wildman–Crippen LogP) is 4.90. The van der Waals surface area contributed by atoms with Crippen molar-refractivity contribution < 1.29 is 4.79 Å². The van der Waals surface area contributed by atoms with Crippen molar-refractivity contribution in [3.8, 4) is 0 Å². The van der Waals surface area contributed by atoms with Gasteiger partial charge in [0.1, 0.15) is 0 Å². The van der Waals surface area contributed by atoms with Gasteiger partial charge in [0, 0.05) is 18.2 Å². The molecule has 1 saturated carbocycles. The van der Waals surface area contributed by atoms with Crippen LogP contribution in [0.4, 0.5) is 17.1 Å². The molecule has 0 aromatic heterocycles. The molecule has 0 atom stereocenters. The molecule has 24 heavy (non-hydrogen) atoms. The van der Waals surface area contributed by atoms with E-state index in [1.165, 1.54) is 30.5 Å². The molecule has 0 spiro atoms. The first-order valence-corrected chi connectivity index (χ1v) is 9.08. The molecule has 124 valence electrons. The summed E-state index contributed by atoms with van der Waals surface area (Å²) in [4.78, 5) is 15.0. The minimum Gasteiger partial charge on any atom is -0.339 e. The van der Waals surface area contributed by atoms with E-state index in [0.717, 1.165) is 37.2 Å². The van der Waals surface area contributed by atoms with Crippen molar-refractivity contribution in [2.45, 2.75) is 38.5 Å². The molecule has 2 aromatic rings. The van der Waals surface area contributed by atoms with E-state index >= 15 is 0 Å². The maximum Gasteiger partial charge on any atom is 0.227 e. The molecule has 3 heteroatoms. The van der Waals surface area contributed by atoms with Crippen LogP contribution in [0.3, 0.4) is 0 Å². The smallest absolute Gasteiger partial charge is 0.227 e. The summed E-state index contributed by atoms with van der Waals surface area (Å²) in [6, 6.07) is 16.7. The van der Waals surface area contributed by atoms with E-state index in [2.05, 4.69) is 40.5 Å². The summed E-state index contributed by atoms with van der Waals surface area (Å²) in [5.41, 5.74) is 4.68. The molecule has 1 N–H and O–H groups in total. The summed E-state index contributed by atoms with van der Waals surface area (Å²) in [7, 11) is 0. The number of anilines is 3. The van der Waals surface area contributed by atoms with Crippen molar-refractivity contribution in [2.24, 2.45) is 5.92 Å². The Bertz CT molecular complexity index is 734. The average molecular weight is 320 g/mol. The summed E-state index contributed by atoms with van der Waals surface area (Å²) in [5, 5.41) is 3.21. The fraction of sp³-hybridized carbons (Fsp3) is 0.381. The second-order valence-corrected chi connectivity index (χ2v) is 6.87. The fourth-order valence-electron chi connectivity index (χ4n) is 4.00. The van der Waals surface area contributed by atoms with Crippen LogP contribution in [0.15, 0.2) is 48.5 Å². The number of rotatable bonds is 3. The van der Waals surface area contributed by atoms with Gasteiger partial charge in [0.2, 0.25) is 5.91 Å². The highest BCUT2D eigenvalue weighted by Crippen LogP contribution is 2.38. The lowest BCUT2D eigenvalue weighted by molar-refractivity contribution is -0.120. The molecule has 1 heterocycles. The van der Waals surface area contributed by atoms with Gasteiger partial charge in [0.25, 0.3) is 0 Å². The van der Waals surface area contributed by atoms with E-state index in [1.807, 2.05) is 18.2 Å². The maximum absolute atomic E-state index is 12.7. The Morgan fingerprint density at radius 2 is 1.62 bits per heavy atom. The third-order valence-electron chi connectivity index (χ3n) is 5.32. The van der Waals surface area contributed by atoms with Gasteiger partial charge in [0.15, 0.2) is 0 Å². The SMILES string of the molecule is O=C(Nc1ccccc1N1CCc2ccccc21)C1CCCCC1. The number of hydrogen-bond donors (Lipinski definition) is 1. The lowest BCUT2D eigenvalue weighted by atomic mass is 9.88. The van der Waals surface area contributed by atoms with E-state index in [9.17, 15) is 4.79 Å². The van der Waals surface area contributed by atoms with Crippen LogP contribution in [-0.2, 0) is 11.2 Å². The lowest BCUT2D eigenvalue weighted by Crippen LogP contribution is -2.26. The van der Waals surface area contributed by atoms with Gasteiger partial charge in [-0.1, -0.05) is 49.6 Å². The Morgan fingerprint density at radius 3 is 2.46 bits per heavy atom. The Labute approximate surface area is 143 Å². The van der Waals surface area contributed by atoms with Crippen LogP contribution in [0.1, 0.15) is 37.7 Å². The summed E-state index contributed by atoms with van der Waals surface area (Å²) >= 11 is 0. The number of benzene rings is 2. The second kappa shape index (κ2) is 6.68. The van der Waals surface area contributed by atoms with Gasteiger partial charge in [-0.2, -0.15) is 0 Å². The Hall–Kier alpha value is -2.29. The third-order valence-corrected chi connectivity index (χ3v) is 5.32. The Balaban J connectivity index is 1.58. The molecular weight excluding hydrogens is 296 g/mol. The minimum absolute atomic E-state index is 0.178. The fourth-order valence-corrected chi connectivity index (χ4v) is 4.00. The molecule has 1 fully saturated rings. The average Bonchev–Trinajstić information content (AvgIpc) is 3.07. The first-order valence-electron chi connectivity index (χ1n) is 9.08. The molecular formula is C21H24N2O. The van der Waals surface area contributed by atoms with Crippen LogP contribution < -0.4 is 10.2 Å². The molecule has 4 rings (SSSR count). The van der Waals surface area contributed by atoms with Gasteiger partial charge in [-0.15, -0.1) is 0 Å². The number of nitrogens with zero attached hydrogens (tertiary/aromatic N) is 1. The standard InChI is InChI=1S/C21H24N2O/c24-21(17-9-2-1-3-10-17)22-18-11-5-7-13-20(18)23-15-14-16-8-4-6-12-19(16)23/h4-8,11-13,17H,1-3,9-10,14-15H2,(H,22,24). The monoisotopic (exact) mass is 320 g/mol. The number of hydrogen-bond acceptors (Lipinski definition) is 2. The highest BCUT2D eigenvalue weighted by Gasteiger charge is 2.25. The van der Waals surface area contributed by atoms with E-state index < -0.39 is 0 Å². The van der Waals surface area contributed by atoms with E-state index in [1.54, 1.807) is 0 Å². The molecule has 3 nitrogen and oxygen atoms in total. The number of para-hydroxylation sites is 3. The summed E-state index contributed by atoms with van der Waals surface area (Å²) in [6.07, 6.45) is 6.74. The topological polar surface area (TPSA) is 32.3 Å². The lowest BCUT2D eigenvalue weighted by Gasteiger charge is -2.25. The van der Waals surface area contributed by atoms with Gasteiger partial charge in [-0.25, -0.2) is 0 Å². The van der Waals surface area contributed by atoms with Crippen LogP contribution in [-0.4, -0.2) is 12.5 Å². The van der Waals surface area contributed by atoms with Crippen LogP contribution >= 0.6 is 0 Å². The van der Waals surface area contributed by atoms with Crippen LogP contribution in [0, 0.1) is 5.92 Å². The summed E-state index contributed by atoms with van der Waals surface area (Å²) < 4.78 is 0. The first-order chi connectivity index (χ1) is 11.8. The van der Waals surface area contributed by atoms with Crippen LogP contribution in [0.25, 0.3) is 0 Å². The zero-order chi connectivity index (χ0) is 16.4. The zero-order valence-corrected chi connectivity index (χ0v) is 14.0. The molecule has 1 aliphatic heterocycles. The number of carbonyl (C=O) groups is 1. The number of fused-ring (bicyclic) bond motifs is 1. The van der Waals surface area contributed by atoms with Crippen molar-refractivity contribution in [1.29, 1.82) is 0 Å². The second-order valence-electron chi connectivity index (χ2n) is 6.87. The maximum atomic E-state index is 12.7. The van der Waals surface area contributed by atoms with Gasteiger partial charge >= 0.3 is 0 Å². The molecule has 2 aromatic carbocycles. The van der Waals surface area contributed by atoms with Gasteiger partial charge in [-0.05, 0) is 43.0 Å². The quantitative estimate of drug-likeness (QED) is 0.872. The van der Waals surface area contributed by atoms with E-state index in [-0.39, 0.29) is 11.8 Å². The normalized spacial score (nSPS) is 17.6. The van der Waals surface area contributed by atoms with Gasteiger partial charge < -0.3 is 10.2 Å². The minimum atomic E-state index is 0.178. The number of carbonyl (C=O) groups excluding carboxylic acids is 1. The molecule has 1 amide bonds. The molecule has 0 saturated heterocycles. The van der Waals surface area contributed by atoms with Crippen molar-refractivity contribution in [3.63, 3.8) is 0 Å². The van der Waals surface area contributed by atoms with E-state index in [4.69, 9.17) is 0 Å². The molecule has 0 unspecified atom stereocenters. The molecule has 1 aliphatic carbocycles. The number of nitrogens with one attached hydrogen (secondary N) is 1. The highest BCUT2D eigenvalue weighted by molar-refractivity contribution is 5.96. The first kappa shape index (κ1) is 15.3. The summed E-state index contributed by atoms with van der Waals surface area (Å²) in [5.74, 6) is 0.368. The van der Waals surface area contributed by atoms with Crippen molar-refractivity contribution in [1.82, 2.24) is 0 Å².